The van der Waals surface area contributed by atoms with Crippen molar-refractivity contribution in [2.24, 2.45) is 0 Å². The van der Waals surface area contributed by atoms with E-state index >= 15 is 0 Å². The van der Waals surface area contributed by atoms with Gasteiger partial charge in [-0.15, -0.1) is 0 Å². The van der Waals surface area contributed by atoms with Crippen LogP contribution in [0, 0.1) is 6.92 Å². The number of halogens is 3. The Hall–Kier alpha value is -3.44. The number of aryl methyl sites for hydroxylation is 1. The summed E-state index contributed by atoms with van der Waals surface area (Å²) < 4.78 is 69.5. The maximum absolute atomic E-state index is 13.7. The second kappa shape index (κ2) is 11.5. The molecule has 1 amide bonds. The van der Waals surface area contributed by atoms with Crippen LogP contribution < -0.4 is 10.5 Å². The number of aromatic amines is 1. The molecular weight excluding hydrogens is 521 g/mol. The van der Waals surface area contributed by atoms with Gasteiger partial charge in [-0.2, -0.15) is 13.2 Å². The Morgan fingerprint density at radius 1 is 1.08 bits per heavy atom. The Labute approximate surface area is 219 Å². The molecule has 11 heteroatoms. The number of hydrogen-bond donors (Lipinski definition) is 1. The second-order valence-corrected chi connectivity index (χ2v) is 11.2. The van der Waals surface area contributed by atoms with E-state index in [-0.39, 0.29) is 28.8 Å². The van der Waals surface area contributed by atoms with Gasteiger partial charge in [-0.3, -0.25) is 9.59 Å². The maximum atomic E-state index is 13.7. The molecule has 0 aliphatic rings. The third-order valence-electron chi connectivity index (χ3n) is 5.82. The van der Waals surface area contributed by atoms with Crippen molar-refractivity contribution in [1.82, 2.24) is 4.98 Å². The Balaban J connectivity index is 2.06. The summed E-state index contributed by atoms with van der Waals surface area (Å²) in [4.78, 5) is 30.3. The number of nitrogens with one attached hydrogen (secondary N) is 1. The first kappa shape index (κ1) is 29.1. The summed E-state index contributed by atoms with van der Waals surface area (Å²) in [7, 11) is -3.47. The van der Waals surface area contributed by atoms with Crippen molar-refractivity contribution in [1.29, 1.82) is 0 Å². The lowest BCUT2D eigenvalue weighted by Gasteiger charge is -2.24. The second-order valence-electron chi connectivity index (χ2n) is 9.19. The summed E-state index contributed by atoms with van der Waals surface area (Å²) in [6.45, 7) is 5.59. The Morgan fingerprint density at radius 3 is 2.32 bits per heavy atom. The highest BCUT2D eigenvalue weighted by atomic mass is 32.2. The van der Waals surface area contributed by atoms with Gasteiger partial charge in [0.15, 0.2) is 9.84 Å². The molecule has 2 aromatic carbocycles. The number of hydrogen-bond acceptors (Lipinski definition) is 5. The highest BCUT2D eigenvalue weighted by Gasteiger charge is 2.32. The molecule has 0 unspecified atom stereocenters. The van der Waals surface area contributed by atoms with Crippen molar-refractivity contribution >= 4 is 21.4 Å². The highest BCUT2D eigenvalue weighted by Crippen LogP contribution is 2.32. The van der Waals surface area contributed by atoms with Crippen molar-refractivity contribution in [3.05, 3.63) is 92.9 Å². The van der Waals surface area contributed by atoms with E-state index in [9.17, 15) is 31.2 Å². The number of ether oxygens (including phenoxy) is 1. The molecule has 204 valence electrons. The molecule has 1 aromatic heterocycles. The molecule has 0 saturated carbocycles. The molecule has 0 aliphatic carbocycles. The summed E-state index contributed by atoms with van der Waals surface area (Å²) in [6, 6.07) is 11.3. The van der Waals surface area contributed by atoms with Gasteiger partial charge in [-0.25, -0.2) is 8.42 Å². The molecule has 7 nitrogen and oxygen atoms in total. The lowest BCUT2D eigenvalue weighted by molar-refractivity contribution is -0.137. The number of carbonyl (C=O) groups is 1. The Morgan fingerprint density at radius 2 is 1.74 bits per heavy atom. The van der Waals surface area contributed by atoms with E-state index < -0.39 is 33.0 Å². The number of amides is 1. The van der Waals surface area contributed by atoms with Crippen molar-refractivity contribution in [3.8, 4) is 0 Å². The molecule has 0 saturated heterocycles. The molecule has 3 rings (SSSR count). The van der Waals surface area contributed by atoms with Gasteiger partial charge in [0.25, 0.3) is 11.5 Å². The molecule has 0 atom stereocenters. The van der Waals surface area contributed by atoms with E-state index in [4.69, 9.17) is 4.74 Å². The van der Waals surface area contributed by atoms with Crippen LogP contribution in [0.4, 0.5) is 18.9 Å². The predicted molar refractivity (Wildman–Crippen MR) is 138 cm³/mol. The lowest BCUT2D eigenvalue weighted by atomic mass is 10.1. The third-order valence-corrected chi connectivity index (χ3v) is 6.95. The van der Waals surface area contributed by atoms with Crippen LogP contribution in [-0.2, 0) is 33.7 Å². The smallest absolute Gasteiger partial charge is 0.378 e. The molecular formula is C27H29F3N2O5S. The number of alkyl halides is 3. The molecule has 1 heterocycles. The van der Waals surface area contributed by atoms with Crippen LogP contribution in [0.3, 0.4) is 0 Å². The fourth-order valence-electron chi connectivity index (χ4n) is 3.79. The standard InChI is InChI=1S/C27H29F3N2O5S/c1-17(2)37-13-12-20-14-24(25(33)31-18(20)3)26(34)32(22-7-5-6-21(15-22)27(28,29)30)16-19-8-10-23(11-9-19)38(4,35)36/h5-11,14-15,17H,12-13,16H2,1-4H3,(H,31,33). The lowest BCUT2D eigenvalue weighted by Crippen LogP contribution is -2.35. The van der Waals surface area contributed by atoms with Gasteiger partial charge >= 0.3 is 6.18 Å². The number of sulfone groups is 1. The predicted octanol–water partition coefficient (Wildman–Crippen LogP) is 4.92. The summed E-state index contributed by atoms with van der Waals surface area (Å²) in [5.74, 6) is -0.802. The summed E-state index contributed by atoms with van der Waals surface area (Å²) in [5, 5.41) is 0. The Bertz CT molecular complexity index is 1460. The molecule has 0 radical (unpaired) electrons. The topological polar surface area (TPSA) is 96.5 Å². The number of carbonyl (C=O) groups excluding carboxylic acids is 1. The fraction of sp³-hybridized carbons (Fsp3) is 0.333. The van der Waals surface area contributed by atoms with E-state index in [1.54, 1.807) is 6.92 Å². The Kier molecular flexibility index (Phi) is 8.83. The van der Waals surface area contributed by atoms with E-state index in [0.29, 0.717) is 29.8 Å². The largest absolute Gasteiger partial charge is 0.416 e. The van der Waals surface area contributed by atoms with Gasteiger partial charge in [0, 0.05) is 17.6 Å². The fourth-order valence-corrected chi connectivity index (χ4v) is 4.42. The number of aromatic nitrogens is 1. The molecule has 0 fully saturated rings. The molecule has 3 aromatic rings. The first-order valence-corrected chi connectivity index (χ1v) is 13.7. The average Bonchev–Trinajstić information content (AvgIpc) is 2.82. The van der Waals surface area contributed by atoms with Crippen LogP contribution in [0.1, 0.15) is 46.6 Å². The van der Waals surface area contributed by atoms with Crippen molar-refractivity contribution in [3.63, 3.8) is 0 Å². The average molecular weight is 551 g/mol. The summed E-state index contributed by atoms with van der Waals surface area (Å²) >= 11 is 0. The normalized spacial score (nSPS) is 12.1. The van der Waals surface area contributed by atoms with Gasteiger partial charge in [0.05, 0.1) is 29.7 Å². The zero-order valence-corrected chi connectivity index (χ0v) is 22.2. The monoisotopic (exact) mass is 550 g/mol. The van der Waals surface area contributed by atoms with Gasteiger partial charge < -0.3 is 14.6 Å². The van der Waals surface area contributed by atoms with E-state index in [2.05, 4.69) is 4.98 Å². The summed E-state index contributed by atoms with van der Waals surface area (Å²) in [6.07, 6.45) is -3.19. The zero-order valence-electron chi connectivity index (χ0n) is 21.4. The molecule has 0 spiro atoms. The van der Waals surface area contributed by atoms with Crippen molar-refractivity contribution in [2.45, 2.75) is 50.9 Å². The van der Waals surface area contributed by atoms with Crippen LogP contribution in [0.25, 0.3) is 0 Å². The van der Waals surface area contributed by atoms with Crippen molar-refractivity contribution < 1.29 is 31.1 Å². The molecule has 0 bridgehead atoms. The molecule has 38 heavy (non-hydrogen) atoms. The van der Waals surface area contributed by atoms with E-state index in [1.165, 1.54) is 42.5 Å². The number of H-pyrrole nitrogens is 1. The van der Waals surface area contributed by atoms with E-state index in [1.807, 2.05) is 13.8 Å². The summed E-state index contributed by atoms with van der Waals surface area (Å²) in [5.41, 5.74) is -0.259. The van der Waals surface area contributed by atoms with E-state index in [0.717, 1.165) is 23.3 Å². The SMILES string of the molecule is Cc1[nH]c(=O)c(C(=O)N(Cc2ccc(S(C)(=O)=O)cc2)c2cccc(C(F)(F)F)c2)cc1CCOC(C)C. The van der Waals surface area contributed by atoms with Gasteiger partial charge in [0.2, 0.25) is 0 Å². The third kappa shape index (κ3) is 7.32. The van der Waals surface area contributed by atoms with Crippen LogP contribution in [0.2, 0.25) is 0 Å². The first-order valence-electron chi connectivity index (χ1n) is 11.8. The van der Waals surface area contributed by atoms with Crippen LogP contribution >= 0.6 is 0 Å². The number of rotatable bonds is 9. The zero-order chi connectivity index (χ0) is 28.3. The van der Waals surface area contributed by atoms with Gasteiger partial charge in [-0.1, -0.05) is 18.2 Å². The maximum Gasteiger partial charge on any atom is 0.416 e. The molecule has 1 N–H and O–H groups in total. The number of benzene rings is 2. The minimum absolute atomic E-state index is 0.00958. The number of nitrogens with zero attached hydrogens (tertiary/aromatic N) is 1. The van der Waals surface area contributed by atoms with Crippen LogP contribution in [0.5, 0.6) is 0 Å². The van der Waals surface area contributed by atoms with Gasteiger partial charge in [0.1, 0.15) is 5.56 Å². The number of anilines is 1. The van der Waals surface area contributed by atoms with Gasteiger partial charge in [-0.05, 0) is 74.7 Å². The van der Waals surface area contributed by atoms with Crippen molar-refractivity contribution in [2.75, 3.05) is 17.8 Å². The highest BCUT2D eigenvalue weighted by molar-refractivity contribution is 7.90. The molecule has 0 aliphatic heterocycles. The first-order chi connectivity index (χ1) is 17.7. The van der Waals surface area contributed by atoms with Crippen LogP contribution in [0.15, 0.2) is 64.3 Å². The number of pyridine rings is 1. The van der Waals surface area contributed by atoms with Crippen LogP contribution in [-0.4, -0.2) is 38.3 Å². The quantitative estimate of drug-likeness (QED) is 0.408. The minimum Gasteiger partial charge on any atom is -0.378 e. The minimum atomic E-state index is -4.65.